The van der Waals surface area contributed by atoms with E-state index in [2.05, 4.69) is 21.5 Å². The van der Waals surface area contributed by atoms with Crippen molar-refractivity contribution in [3.63, 3.8) is 0 Å². The molecule has 1 aliphatic heterocycles. The van der Waals surface area contributed by atoms with Gasteiger partial charge in [-0.3, -0.25) is 4.90 Å². The number of hydrogen-bond acceptors (Lipinski definition) is 3. The Morgan fingerprint density at radius 2 is 1.88 bits per heavy atom. The van der Waals surface area contributed by atoms with Crippen LogP contribution in [0.4, 0.5) is 17.6 Å². The summed E-state index contributed by atoms with van der Waals surface area (Å²) < 4.78 is 55.3. The van der Waals surface area contributed by atoms with Crippen molar-refractivity contribution in [3.8, 4) is 5.75 Å². The Kier molecular flexibility index (Phi) is 10.4. The first kappa shape index (κ1) is 24.0. The molecule has 3 nitrogen and oxygen atoms in total. The normalized spacial score (nSPS) is 16.3. The van der Waals surface area contributed by atoms with Gasteiger partial charge in [0.05, 0.1) is 0 Å². The van der Waals surface area contributed by atoms with Gasteiger partial charge < -0.3 is 10.1 Å². The molecule has 9 heteroatoms. The molecule has 2 rings (SSSR count). The molecule has 0 spiro atoms. The number of alkyl halides is 3. The number of rotatable bonds is 6. The van der Waals surface area contributed by atoms with Gasteiger partial charge in [-0.1, -0.05) is 6.08 Å². The second-order valence-corrected chi connectivity index (χ2v) is 5.40. The van der Waals surface area contributed by atoms with Crippen molar-refractivity contribution in [2.45, 2.75) is 25.2 Å². The van der Waals surface area contributed by atoms with Crippen molar-refractivity contribution in [2.24, 2.45) is 0 Å². The minimum atomic E-state index is -4.79. The Morgan fingerprint density at radius 3 is 2.44 bits per heavy atom. The fourth-order valence-electron chi connectivity index (χ4n) is 2.78. The predicted octanol–water partition coefficient (Wildman–Crippen LogP) is 4.48. The zero-order valence-corrected chi connectivity index (χ0v) is 15.2. The van der Waals surface area contributed by atoms with Gasteiger partial charge in [0.2, 0.25) is 0 Å². The summed E-state index contributed by atoms with van der Waals surface area (Å²) >= 11 is 0. The number of allylic oxidation sites excluding steroid dienone is 1. The van der Waals surface area contributed by atoms with E-state index in [1.807, 2.05) is 0 Å². The molecule has 0 bridgehead atoms. The van der Waals surface area contributed by atoms with E-state index in [0.29, 0.717) is 25.9 Å². The fourth-order valence-corrected chi connectivity index (χ4v) is 2.78. The van der Waals surface area contributed by atoms with Crippen LogP contribution in [0, 0.1) is 5.82 Å². The highest BCUT2D eigenvalue weighted by atomic mass is 35.5. The van der Waals surface area contributed by atoms with E-state index in [1.165, 1.54) is 0 Å². The monoisotopic (exact) mass is 404 g/mol. The molecule has 1 heterocycles. The quantitative estimate of drug-likeness (QED) is 0.558. The van der Waals surface area contributed by atoms with Gasteiger partial charge in [0.15, 0.2) is 0 Å². The number of benzene rings is 1. The van der Waals surface area contributed by atoms with Crippen LogP contribution in [0.15, 0.2) is 30.9 Å². The first-order valence-corrected chi connectivity index (χ1v) is 7.51. The highest BCUT2D eigenvalue weighted by Gasteiger charge is 2.32. The van der Waals surface area contributed by atoms with Crippen molar-refractivity contribution in [2.75, 3.05) is 26.2 Å². The Morgan fingerprint density at radius 1 is 1.24 bits per heavy atom. The molecule has 0 aliphatic carbocycles. The van der Waals surface area contributed by atoms with Crippen LogP contribution in [-0.2, 0) is 0 Å². The van der Waals surface area contributed by atoms with Gasteiger partial charge in [-0.2, -0.15) is 0 Å². The van der Waals surface area contributed by atoms with Crippen LogP contribution in [0.2, 0.25) is 0 Å². The van der Waals surface area contributed by atoms with Gasteiger partial charge in [-0.05, 0) is 31.0 Å². The Balaban J connectivity index is 0.00000288. The molecule has 0 amide bonds. The first-order valence-electron chi connectivity index (χ1n) is 7.51. The van der Waals surface area contributed by atoms with Gasteiger partial charge in [0.25, 0.3) is 0 Å². The SMILES string of the molecule is C=CCC[C@H](c1cc(OC(F)(F)F)ccc1F)N1CCNCC1.Cl.Cl. The van der Waals surface area contributed by atoms with Crippen LogP contribution in [0.5, 0.6) is 5.75 Å². The molecule has 0 unspecified atom stereocenters. The lowest BCUT2D eigenvalue weighted by Gasteiger charge is -2.35. The summed E-state index contributed by atoms with van der Waals surface area (Å²) in [7, 11) is 0. The predicted molar refractivity (Wildman–Crippen MR) is 94.2 cm³/mol. The number of halogens is 6. The van der Waals surface area contributed by atoms with E-state index in [9.17, 15) is 17.6 Å². The summed E-state index contributed by atoms with van der Waals surface area (Å²) in [5, 5.41) is 3.21. The van der Waals surface area contributed by atoms with E-state index < -0.39 is 17.9 Å². The molecule has 1 fully saturated rings. The first-order chi connectivity index (χ1) is 10.9. The van der Waals surface area contributed by atoms with Gasteiger partial charge >= 0.3 is 6.36 Å². The molecular formula is C16H22Cl2F4N2O. The minimum Gasteiger partial charge on any atom is -0.406 e. The van der Waals surface area contributed by atoms with Crippen molar-refractivity contribution in [1.29, 1.82) is 0 Å². The molecule has 144 valence electrons. The van der Waals surface area contributed by atoms with E-state index in [-0.39, 0.29) is 36.4 Å². The summed E-state index contributed by atoms with van der Waals surface area (Å²) in [6, 6.07) is 2.87. The maximum Gasteiger partial charge on any atom is 0.573 e. The van der Waals surface area contributed by atoms with E-state index in [4.69, 9.17) is 0 Å². The van der Waals surface area contributed by atoms with E-state index in [0.717, 1.165) is 31.3 Å². The third kappa shape index (κ3) is 7.40. The Hall–Kier alpha value is -1.02. The molecule has 1 aromatic rings. The third-order valence-electron chi connectivity index (χ3n) is 3.80. The highest BCUT2D eigenvalue weighted by molar-refractivity contribution is 5.85. The molecule has 0 saturated carbocycles. The number of hydrogen-bond donors (Lipinski definition) is 1. The lowest BCUT2D eigenvalue weighted by molar-refractivity contribution is -0.274. The van der Waals surface area contributed by atoms with Crippen LogP contribution in [0.1, 0.15) is 24.4 Å². The minimum absolute atomic E-state index is 0. The molecule has 1 atom stereocenters. The molecule has 0 radical (unpaired) electrons. The lowest BCUT2D eigenvalue weighted by Crippen LogP contribution is -2.45. The molecule has 1 aliphatic rings. The largest absolute Gasteiger partial charge is 0.573 e. The number of nitrogens with zero attached hydrogens (tertiary/aromatic N) is 1. The van der Waals surface area contributed by atoms with Gasteiger partial charge in [-0.25, -0.2) is 4.39 Å². The number of ether oxygens (including phenoxy) is 1. The van der Waals surface area contributed by atoms with Crippen molar-refractivity contribution >= 4 is 24.8 Å². The van der Waals surface area contributed by atoms with Gasteiger partial charge in [0.1, 0.15) is 11.6 Å². The number of nitrogens with one attached hydrogen (secondary N) is 1. The van der Waals surface area contributed by atoms with Gasteiger partial charge in [0, 0.05) is 37.8 Å². The van der Waals surface area contributed by atoms with E-state index in [1.54, 1.807) is 6.08 Å². The fraction of sp³-hybridized carbons (Fsp3) is 0.500. The Bertz CT molecular complexity index is 537. The van der Waals surface area contributed by atoms with Crippen LogP contribution in [0.25, 0.3) is 0 Å². The van der Waals surface area contributed by atoms with Crippen LogP contribution in [-0.4, -0.2) is 37.4 Å². The molecule has 25 heavy (non-hydrogen) atoms. The topological polar surface area (TPSA) is 24.5 Å². The smallest absolute Gasteiger partial charge is 0.406 e. The summed E-state index contributed by atoms with van der Waals surface area (Å²) in [5.41, 5.74) is 0.232. The van der Waals surface area contributed by atoms with E-state index >= 15 is 0 Å². The lowest BCUT2D eigenvalue weighted by atomic mass is 9.98. The summed E-state index contributed by atoms with van der Waals surface area (Å²) in [5.74, 6) is -0.917. The average molecular weight is 405 g/mol. The highest BCUT2D eigenvalue weighted by Crippen LogP contribution is 2.32. The third-order valence-corrected chi connectivity index (χ3v) is 3.80. The zero-order valence-electron chi connectivity index (χ0n) is 13.5. The van der Waals surface area contributed by atoms with Crippen molar-refractivity contribution < 1.29 is 22.3 Å². The Labute approximate surface area is 157 Å². The van der Waals surface area contributed by atoms with Crippen LogP contribution < -0.4 is 10.1 Å². The molecular weight excluding hydrogens is 383 g/mol. The molecule has 0 aromatic heterocycles. The summed E-state index contributed by atoms with van der Waals surface area (Å²) in [4.78, 5) is 2.08. The average Bonchev–Trinajstić information content (AvgIpc) is 2.50. The standard InChI is InChI=1S/C16H20F4N2O.2ClH/c1-2-3-4-15(22-9-7-21-8-10-22)13-11-12(5-6-14(13)17)23-16(18,19)20;;/h2,5-6,11,15,21H,1,3-4,7-10H2;2*1H/t15-;;/m1../s1. The van der Waals surface area contributed by atoms with Crippen molar-refractivity contribution in [3.05, 3.63) is 42.2 Å². The summed E-state index contributed by atoms with van der Waals surface area (Å²) in [6.45, 7) is 6.63. The number of piperazine rings is 1. The maximum absolute atomic E-state index is 14.2. The zero-order chi connectivity index (χ0) is 16.9. The van der Waals surface area contributed by atoms with Gasteiger partial charge in [-0.15, -0.1) is 44.6 Å². The summed E-state index contributed by atoms with van der Waals surface area (Å²) in [6.07, 6.45) is -1.82. The maximum atomic E-state index is 14.2. The van der Waals surface area contributed by atoms with Crippen molar-refractivity contribution in [1.82, 2.24) is 10.2 Å². The van der Waals surface area contributed by atoms with Crippen LogP contribution >= 0.6 is 24.8 Å². The molecule has 1 N–H and O–H groups in total. The van der Waals surface area contributed by atoms with Crippen LogP contribution in [0.3, 0.4) is 0 Å². The molecule has 1 aromatic carbocycles. The second kappa shape index (κ2) is 10.9. The molecule has 1 saturated heterocycles. The second-order valence-electron chi connectivity index (χ2n) is 5.40.